The molecule has 11 unspecified atom stereocenters. The number of aliphatic hydroxyl groups is 1. The average Bonchev–Trinajstić information content (AvgIpc) is 3.47. The molecule has 6 rings (SSSR count). The zero-order chi connectivity index (χ0) is 17.2. The molecule has 6 aliphatic rings. The molecular formula is C20H29IO3S. The zero-order valence-electron chi connectivity index (χ0n) is 15.1. The SMILES string of the molecule is CC1CC2C3C4CC4C4(O)CC(OSI)CCC4(C)C3CCC23OC13. The number of ether oxygens (including phenoxy) is 1. The van der Waals surface area contributed by atoms with Gasteiger partial charge >= 0.3 is 0 Å². The second-order valence-corrected chi connectivity index (χ2v) is 11.8. The lowest BCUT2D eigenvalue weighted by molar-refractivity contribution is -0.218. The number of rotatable bonds is 2. The van der Waals surface area contributed by atoms with Crippen molar-refractivity contribution in [3.63, 3.8) is 0 Å². The zero-order valence-corrected chi connectivity index (χ0v) is 18.1. The van der Waals surface area contributed by atoms with Crippen molar-refractivity contribution in [2.45, 2.75) is 82.2 Å². The van der Waals surface area contributed by atoms with E-state index in [4.69, 9.17) is 8.92 Å². The predicted molar refractivity (Wildman–Crippen MR) is 106 cm³/mol. The summed E-state index contributed by atoms with van der Waals surface area (Å²) in [5, 5.41) is 11.9. The Morgan fingerprint density at radius 2 is 2.00 bits per heavy atom. The highest BCUT2D eigenvalue weighted by molar-refractivity contribution is 14.2. The van der Waals surface area contributed by atoms with Gasteiger partial charge in [-0.2, -0.15) is 0 Å². The van der Waals surface area contributed by atoms with Crippen LogP contribution in [0, 0.1) is 40.9 Å². The number of hydrogen-bond donors (Lipinski definition) is 1. The predicted octanol–water partition coefficient (Wildman–Crippen LogP) is 4.76. The fraction of sp³-hybridized carbons (Fsp3) is 1.00. The van der Waals surface area contributed by atoms with Crippen LogP contribution in [0.3, 0.4) is 0 Å². The minimum absolute atomic E-state index is 0.0863. The summed E-state index contributed by atoms with van der Waals surface area (Å²) in [7, 11) is 1.44. The van der Waals surface area contributed by atoms with Crippen LogP contribution in [-0.4, -0.2) is 28.5 Å². The first-order valence-electron chi connectivity index (χ1n) is 10.3. The van der Waals surface area contributed by atoms with E-state index in [-0.39, 0.29) is 17.1 Å². The topological polar surface area (TPSA) is 42.0 Å². The highest BCUT2D eigenvalue weighted by atomic mass is 127. The normalized spacial score (nSPS) is 66.7. The number of hydrogen-bond acceptors (Lipinski definition) is 4. The first-order chi connectivity index (χ1) is 11.9. The van der Waals surface area contributed by atoms with Gasteiger partial charge in [0.15, 0.2) is 0 Å². The molecule has 6 fully saturated rings. The fourth-order valence-corrected chi connectivity index (χ4v) is 9.80. The van der Waals surface area contributed by atoms with Crippen LogP contribution < -0.4 is 0 Å². The van der Waals surface area contributed by atoms with E-state index >= 15 is 0 Å². The first kappa shape index (κ1) is 16.9. The van der Waals surface area contributed by atoms with E-state index in [0.29, 0.717) is 17.9 Å². The molecule has 0 aromatic heterocycles. The van der Waals surface area contributed by atoms with Gasteiger partial charge in [0.05, 0.1) is 32.6 Å². The summed E-state index contributed by atoms with van der Waals surface area (Å²) in [6, 6.07) is 0. The highest BCUT2D eigenvalue weighted by Gasteiger charge is 2.79. The van der Waals surface area contributed by atoms with Gasteiger partial charge in [-0.25, -0.2) is 0 Å². The lowest BCUT2D eigenvalue weighted by atomic mass is 9.45. The summed E-state index contributed by atoms with van der Waals surface area (Å²) in [5.41, 5.74) is -0.146. The monoisotopic (exact) mass is 476 g/mol. The van der Waals surface area contributed by atoms with Crippen LogP contribution >= 0.6 is 30.4 Å². The molecule has 1 aliphatic heterocycles. The van der Waals surface area contributed by atoms with Gasteiger partial charge in [0.25, 0.3) is 0 Å². The van der Waals surface area contributed by atoms with E-state index in [9.17, 15) is 5.11 Å². The summed E-state index contributed by atoms with van der Waals surface area (Å²) in [6.07, 6.45) is 9.05. The second-order valence-electron chi connectivity index (χ2n) is 10.4. The van der Waals surface area contributed by atoms with Crippen LogP contribution in [0.5, 0.6) is 0 Å². The smallest absolute Gasteiger partial charge is 0.0982 e. The largest absolute Gasteiger partial charge is 0.389 e. The van der Waals surface area contributed by atoms with Gasteiger partial charge in [-0.15, -0.1) is 0 Å². The van der Waals surface area contributed by atoms with Crippen molar-refractivity contribution in [1.29, 1.82) is 0 Å². The lowest BCUT2D eigenvalue weighted by Gasteiger charge is -2.62. The molecule has 1 heterocycles. The summed E-state index contributed by atoms with van der Waals surface area (Å²) in [6.45, 7) is 4.84. The lowest BCUT2D eigenvalue weighted by Crippen LogP contribution is -2.64. The van der Waals surface area contributed by atoms with Crippen LogP contribution in [-0.2, 0) is 8.92 Å². The molecule has 11 atom stereocenters. The van der Waals surface area contributed by atoms with Gasteiger partial charge < -0.3 is 14.0 Å². The Hall–Kier alpha value is 0.960. The Labute approximate surface area is 167 Å². The van der Waals surface area contributed by atoms with Crippen LogP contribution in [0.4, 0.5) is 0 Å². The minimum atomic E-state index is -0.493. The van der Waals surface area contributed by atoms with Crippen molar-refractivity contribution in [1.82, 2.24) is 0 Å². The Bertz CT molecular complexity index is 618. The van der Waals surface area contributed by atoms with Crippen molar-refractivity contribution >= 4 is 30.4 Å². The quantitative estimate of drug-likeness (QED) is 0.355. The molecule has 5 saturated carbocycles. The van der Waals surface area contributed by atoms with Crippen molar-refractivity contribution in [3.05, 3.63) is 0 Å². The number of halogens is 1. The van der Waals surface area contributed by atoms with Gasteiger partial charge in [0.2, 0.25) is 0 Å². The molecule has 1 spiro atoms. The van der Waals surface area contributed by atoms with Crippen molar-refractivity contribution < 1.29 is 14.0 Å². The van der Waals surface area contributed by atoms with E-state index in [1.54, 1.807) is 0 Å². The molecule has 140 valence electrons. The molecule has 0 aromatic carbocycles. The number of fused-ring (bicyclic) bond motifs is 7. The summed E-state index contributed by atoms with van der Waals surface area (Å²) >= 11 is 2.22. The maximum atomic E-state index is 11.9. The third-order valence-electron chi connectivity index (χ3n) is 9.77. The molecule has 3 nitrogen and oxygen atoms in total. The fourth-order valence-electron chi connectivity index (χ4n) is 8.65. The Balaban J connectivity index is 1.36. The third-order valence-corrected chi connectivity index (χ3v) is 10.7. The standard InChI is InChI=1S/C20H29IO3S/c1-10-7-15-16-12-8-14(12)20(22)9-11(24-25-21)3-5-18(20,2)13(16)4-6-19(15)17(10)23-19/h10-17,22H,3-9H2,1-2H3. The molecule has 0 amide bonds. The van der Waals surface area contributed by atoms with E-state index in [2.05, 4.69) is 35.1 Å². The maximum absolute atomic E-state index is 11.9. The van der Waals surface area contributed by atoms with Crippen molar-refractivity contribution in [2.75, 3.05) is 0 Å². The van der Waals surface area contributed by atoms with Gasteiger partial charge in [0, 0.05) is 27.6 Å². The summed E-state index contributed by atoms with van der Waals surface area (Å²) < 4.78 is 12.2. The second kappa shape index (κ2) is 5.11. The molecule has 0 bridgehead atoms. The van der Waals surface area contributed by atoms with E-state index in [1.807, 2.05) is 0 Å². The molecule has 1 N–H and O–H groups in total. The Morgan fingerprint density at radius 3 is 2.76 bits per heavy atom. The number of epoxide rings is 1. The molecule has 5 heteroatoms. The minimum Gasteiger partial charge on any atom is -0.389 e. The first-order valence-corrected chi connectivity index (χ1v) is 13.6. The highest BCUT2D eigenvalue weighted by Crippen LogP contribution is 2.77. The molecular weight excluding hydrogens is 447 g/mol. The van der Waals surface area contributed by atoms with E-state index in [1.165, 1.54) is 34.9 Å². The van der Waals surface area contributed by atoms with Crippen LogP contribution in [0.25, 0.3) is 0 Å². The maximum Gasteiger partial charge on any atom is 0.0982 e. The Morgan fingerprint density at radius 1 is 1.16 bits per heavy atom. The van der Waals surface area contributed by atoms with Crippen LogP contribution in [0.2, 0.25) is 0 Å². The van der Waals surface area contributed by atoms with E-state index in [0.717, 1.165) is 42.9 Å². The molecule has 1 saturated heterocycles. The van der Waals surface area contributed by atoms with Crippen molar-refractivity contribution in [2.24, 2.45) is 40.9 Å². The van der Waals surface area contributed by atoms with Gasteiger partial charge in [-0.1, -0.05) is 13.8 Å². The van der Waals surface area contributed by atoms with Crippen LogP contribution in [0.1, 0.15) is 58.8 Å². The molecule has 25 heavy (non-hydrogen) atoms. The molecule has 0 radical (unpaired) electrons. The molecule has 0 aromatic rings. The average molecular weight is 476 g/mol. The van der Waals surface area contributed by atoms with Gasteiger partial charge in [-0.05, 0) is 79.4 Å². The summed E-state index contributed by atoms with van der Waals surface area (Å²) in [5.74, 6) is 4.32. The summed E-state index contributed by atoms with van der Waals surface area (Å²) in [4.78, 5) is 0. The van der Waals surface area contributed by atoms with Crippen LogP contribution in [0.15, 0.2) is 0 Å². The molecule has 5 aliphatic carbocycles. The van der Waals surface area contributed by atoms with Crippen molar-refractivity contribution in [3.8, 4) is 0 Å². The van der Waals surface area contributed by atoms with Gasteiger partial charge in [0.1, 0.15) is 0 Å². The van der Waals surface area contributed by atoms with E-state index < -0.39 is 5.60 Å². The van der Waals surface area contributed by atoms with Gasteiger partial charge in [-0.3, -0.25) is 0 Å². The Kier molecular flexibility index (Phi) is 3.45. The third kappa shape index (κ3) is 1.91.